The second kappa shape index (κ2) is 13.2. The summed E-state index contributed by atoms with van der Waals surface area (Å²) in [4.78, 5) is 27.8. The molecule has 6 heteroatoms. The van der Waals surface area contributed by atoms with Crippen molar-refractivity contribution in [3.63, 3.8) is 0 Å². The van der Waals surface area contributed by atoms with Crippen molar-refractivity contribution in [2.45, 2.75) is 92.2 Å². The molecule has 0 aliphatic heterocycles. The van der Waals surface area contributed by atoms with Crippen LogP contribution in [-0.4, -0.2) is 73.6 Å². The fourth-order valence-electron chi connectivity index (χ4n) is 4.04. The maximum Gasteiger partial charge on any atom is 0.224 e. The Balaban J connectivity index is 4.38. The molecule has 0 heterocycles. The molecule has 0 saturated heterocycles. The van der Waals surface area contributed by atoms with Gasteiger partial charge in [0.2, 0.25) is 11.8 Å². The average Bonchev–Trinajstić information content (AvgIpc) is 2.59. The number of rotatable bonds is 15. The Morgan fingerprint density at radius 1 is 0.966 bits per heavy atom. The lowest BCUT2D eigenvalue weighted by Gasteiger charge is -2.41. The van der Waals surface area contributed by atoms with E-state index in [2.05, 4.69) is 46.9 Å². The van der Waals surface area contributed by atoms with E-state index in [-0.39, 0.29) is 22.8 Å². The van der Waals surface area contributed by atoms with E-state index in [1.807, 2.05) is 18.9 Å². The number of hydrogen-bond acceptors (Lipinski definition) is 4. The van der Waals surface area contributed by atoms with Gasteiger partial charge in [-0.3, -0.25) is 9.59 Å². The van der Waals surface area contributed by atoms with Crippen LogP contribution in [0.15, 0.2) is 0 Å². The van der Waals surface area contributed by atoms with E-state index in [4.69, 9.17) is 4.74 Å². The van der Waals surface area contributed by atoms with Gasteiger partial charge in [0.1, 0.15) is 0 Å². The third-order valence-corrected chi connectivity index (χ3v) is 5.37. The normalized spacial score (nSPS) is 14.0. The molecule has 29 heavy (non-hydrogen) atoms. The Labute approximate surface area is 179 Å². The lowest BCUT2D eigenvalue weighted by Crippen LogP contribution is -2.49. The number of hydrogen-bond donors (Lipinski definition) is 1. The van der Waals surface area contributed by atoms with Gasteiger partial charge >= 0.3 is 0 Å². The first kappa shape index (κ1) is 27.9. The van der Waals surface area contributed by atoms with Crippen molar-refractivity contribution in [1.82, 2.24) is 15.1 Å². The van der Waals surface area contributed by atoms with E-state index in [1.54, 1.807) is 11.9 Å². The zero-order valence-corrected chi connectivity index (χ0v) is 20.6. The highest BCUT2D eigenvalue weighted by atomic mass is 16.5. The molecule has 0 aromatic rings. The quantitative estimate of drug-likeness (QED) is 0.416. The number of ether oxygens (including phenoxy) is 1. The van der Waals surface area contributed by atoms with E-state index >= 15 is 0 Å². The number of nitrogens with zero attached hydrogens (tertiary/aromatic N) is 2. The maximum atomic E-state index is 12.5. The fourth-order valence-corrected chi connectivity index (χ4v) is 4.04. The molecule has 0 aromatic carbocycles. The van der Waals surface area contributed by atoms with Gasteiger partial charge in [-0.1, -0.05) is 34.6 Å². The van der Waals surface area contributed by atoms with Gasteiger partial charge in [0.15, 0.2) is 0 Å². The molecule has 2 amide bonds. The number of carbonyl (C=O) groups excluding carboxylic acids is 2. The molecule has 1 N–H and O–H groups in total. The Morgan fingerprint density at radius 2 is 1.55 bits per heavy atom. The highest BCUT2D eigenvalue weighted by molar-refractivity contribution is 5.76. The summed E-state index contributed by atoms with van der Waals surface area (Å²) in [6.07, 6.45) is 3.81. The highest BCUT2D eigenvalue weighted by Crippen LogP contribution is 2.33. The Bertz CT molecular complexity index is 494. The van der Waals surface area contributed by atoms with Gasteiger partial charge in [-0.25, -0.2) is 0 Å². The molecule has 0 fully saturated rings. The summed E-state index contributed by atoms with van der Waals surface area (Å²) < 4.78 is 5.58. The molecule has 0 spiro atoms. The van der Waals surface area contributed by atoms with Gasteiger partial charge in [-0.05, 0) is 38.5 Å². The van der Waals surface area contributed by atoms with Crippen LogP contribution < -0.4 is 5.32 Å². The van der Waals surface area contributed by atoms with E-state index in [0.717, 1.165) is 25.8 Å². The van der Waals surface area contributed by atoms with Gasteiger partial charge in [0, 0.05) is 45.2 Å². The summed E-state index contributed by atoms with van der Waals surface area (Å²) in [6, 6.07) is 0.430. The smallest absolute Gasteiger partial charge is 0.224 e. The number of carbonyl (C=O) groups is 2. The molecular weight excluding hydrogens is 366 g/mol. The maximum absolute atomic E-state index is 12.5. The van der Waals surface area contributed by atoms with Crippen molar-refractivity contribution in [2.24, 2.45) is 5.41 Å². The van der Waals surface area contributed by atoms with Crippen LogP contribution in [0.1, 0.15) is 80.6 Å². The molecule has 0 rings (SSSR count). The molecule has 6 nitrogen and oxygen atoms in total. The first-order chi connectivity index (χ1) is 13.4. The minimum atomic E-state index is 0.0210. The predicted molar refractivity (Wildman–Crippen MR) is 121 cm³/mol. The molecule has 0 saturated carbocycles. The van der Waals surface area contributed by atoms with Crippen molar-refractivity contribution in [3.8, 4) is 0 Å². The van der Waals surface area contributed by atoms with Gasteiger partial charge in [0.05, 0.1) is 19.6 Å². The zero-order valence-electron chi connectivity index (χ0n) is 20.6. The van der Waals surface area contributed by atoms with Gasteiger partial charge in [0.25, 0.3) is 0 Å². The van der Waals surface area contributed by atoms with Crippen molar-refractivity contribution < 1.29 is 14.3 Å². The minimum Gasteiger partial charge on any atom is -0.379 e. The largest absolute Gasteiger partial charge is 0.379 e. The number of amides is 2. The fraction of sp³-hybridized carbons (Fsp3) is 0.913. The third kappa shape index (κ3) is 12.2. The van der Waals surface area contributed by atoms with E-state index in [0.29, 0.717) is 38.6 Å². The summed E-state index contributed by atoms with van der Waals surface area (Å²) in [5.41, 5.74) is 0.0756. The minimum absolute atomic E-state index is 0.0210. The second-order valence-electron chi connectivity index (χ2n) is 9.70. The monoisotopic (exact) mass is 413 g/mol. The third-order valence-electron chi connectivity index (χ3n) is 5.37. The first-order valence-electron chi connectivity index (χ1n) is 11.2. The molecule has 0 aliphatic carbocycles. The van der Waals surface area contributed by atoms with Gasteiger partial charge in [-0.2, -0.15) is 0 Å². The molecular formula is C23H47N3O3. The van der Waals surface area contributed by atoms with Crippen LogP contribution in [0, 0.1) is 5.41 Å². The number of nitrogens with one attached hydrogen (secondary N) is 1. The van der Waals surface area contributed by atoms with E-state index < -0.39 is 0 Å². The second-order valence-corrected chi connectivity index (χ2v) is 9.70. The lowest BCUT2D eigenvalue weighted by molar-refractivity contribution is -0.134. The van der Waals surface area contributed by atoms with Crippen LogP contribution in [0.4, 0.5) is 0 Å². The Morgan fingerprint density at radius 3 is 2.07 bits per heavy atom. The summed E-state index contributed by atoms with van der Waals surface area (Å²) in [7, 11) is 3.68. The first-order valence-corrected chi connectivity index (χ1v) is 11.2. The molecule has 0 aliphatic rings. The topological polar surface area (TPSA) is 61.9 Å². The molecule has 1 atom stereocenters. The standard InChI is InChI=1S/C23H47N3O3/c1-10-12-20(27)25(8)14-16-29-15-13-21(28)26(9)18-23(7,11-2)17-22(5,6)24-19(3)4/h19,24H,10-18H2,1-9H3. The van der Waals surface area contributed by atoms with Crippen LogP contribution in [0.25, 0.3) is 0 Å². The van der Waals surface area contributed by atoms with Crippen LogP contribution in [-0.2, 0) is 14.3 Å². The molecule has 1 unspecified atom stereocenters. The van der Waals surface area contributed by atoms with Crippen molar-refractivity contribution in [1.29, 1.82) is 0 Å². The zero-order chi connectivity index (χ0) is 22.7. The summed E-state index contributed by atoms with van der Waals surface area (Å²) in [6.45, 7) is 17.4. The van der Waals surface area contributed by atoms with E-state index in [9.17, 15) is 9.59 Å². The van der Waals surface area contributed by atoms with Gasteiger partial charge in [-0.15, -0.1) is 0 Å². The Hall–Kier alpha value is -1.14. The van der Waals surface area contributed by atoms with Crippen LogP contribution >= 0.6 is 0 Å². The number of likely N-dealkylation sites (N-methyl/N-ethyl adjacent to an activating group) is 1. The van der Waals surface area contributed by atoms with Crippen molar-refractivity contribution >= 4 is 11.8 Å². The summed E-state index contributed by atoms with van der Waals surface area (Å²) in [5, 5.41) is 3.63. The Kier molecular flexibility index (Phi) is 12.7. The van der Waals surface area contributed by atoms with Crippen molar-refractivity contribution in [3.05, 3.63) is 0 Å². The van der Waals surface area contributed by atoms with E-state index in [1.165, 1.54) is 0 Å². The predicted octanol–water partition coefficient (Wildman–Crippen LogP) is 3.69. The van der Waals surface area contributed by atoms with Gasteiger partial charge < -0.3 is 19.9 Å². The van der Waals surface area contributed by atoms with Crippen LogP contribution in [0.2, 0.25) is 0 Å². The molecule has 0 radical (unpaired) electrons. The molecule has 0 aromatic heterocycles. The summed E-state index contributed by atoms with van der Waals surface area (Å²) >= 11 is 0. The highest BCUT2D eigenvalue weighted by Gasteiger charge is 2.33. The molecule has 172 valence electrons. The molecule has 0 bridgehead atoms. The summed E-state index contributed by atoms with van der Waals surface area (Å²) in [5.74, 6) is 0.246. The SMILES string of the molecule is CCCC(=O)N(C)CCOCCC(=O)N(C)CC(C)(CC)CC(C)(C)NC(C)C. The lowest BCUT2D eigenvalue weighted by atomic mass is 9.76. The van der Waals surface area contributed by atoms with Crippen LogP contribution in [0.3, 0.4) is 0 Å². The van der Waals surface area contributed by atoms with Crippen LogP contribution in [0.5, 0.6) is 0 Å². The average molecular weight is 414 g/mol. The van der Waals surface area contributed by atoms with Crippen molar-refractivity contribution in [2.75, 3.05) is 40.4 Å².